The van der Waals surface area contributed by atoms with Crippen LogP contribution in [0, 0.1) is 6.92 Å². The fourth-order valence-electron chi connectivity index (χ4n) is 3.64. The van der Waals surface area contributed by atoms with E-state index in [2.05, 4.69) is 26.1 Å². The molecule has 0 radical (unpaired) electrons. The second-order valence-corrected chi connectivity index (χ2v) is 6.84. The first-order valence-corrected chi connectivity index (χ1v) is 9.06. The summed E-state index contributed by atoms with van der Waals surface area (Å²) in [6.45, 7) is 2.01. The molecule has 7 nitrogen and oxygen atoms in total. The molecule has 0 bridgehead atoms. The first kappa shape index (κ1) is 15.9. The van der Waals surface area contributed by atoms with Crippen molar-refractivity contribution < 1.29 is 0 Å². The molecule has 0 saturated carbocycles. The summed E-state index contributed by atoms with van der Waals surface area (Å²) in [6.07, 6.45) is 12.6. The molecule has 0 fully saturated rings. The Balaban J connectivity index is 1.75. The molecule has 7 heteroatoms. The largest absolute Gasteiger partial charge is 0.275 e. The first-order valence-electron chi connectivity index (χ1n) is 9.06. The van der Waals surface area contributed by atoms with E-state index in [1.807, 2.05) is 49.2 Å². The van der Waals surface area contributed by atoms with E-state index in [-0.39, 0.29) is 0 Å². The van der Waals surface area contributed by atoms with Gasteiger partial charge in [-0.2, -0.15) is 10.2 Å². The van der Waals surface area contributed by atoms with E-state index < -0.39 is 0 Å². The molecule has 0 amide bonds. The van der Waals surface area contributed by atoms with Gasteiger partial charge in [0, 0.05) is 29.9 Å². The minimum atomic E-state index is 0.850. The Hall–Kier alpha value is -3.35. The van der Waals surface area contributed by atoms with Gasteiger partial charge in [0.25, 0.3) is 0 Å². The summed E-state index contributed by atoms with van der Waals surface area (Å²) in [5.74, 6) is 0. The molecule has 1 aliphatic rings. The van der Waals surface area contributed by atoms with Crippen LogP contribution >= 0.6 is 0 Å². The molecule has 0 N–H and O–H groups in total. The summed E-state index contributed by atoms with van der Waals surface area (Å²) in [7, 11) is 1.91. The lowest BCUT2D eigenvalue weighted by Gasteiger charge is -2.14. The van der Waals surface area contributed by atoms with Crippen LogP contribution in [0.1, 0.15) is 35.5 Å². The Morgan fingerprint density at radius 3 is 2.85 bits per heavy atom. The molecule has 0 atom stereocenters. The number of allylic oxidation sites excluding steroid dienone is 1. The van der Waals surface area contributed by atoms with Gasteiger partial charge in [-0.25, -0.2) is 19.5 Å². The summed E-state index contributed by atoms with van der Waals surface area (Å²) >= 11 is 0. The molecule has 4 aromatic rings. The molecule has 0 unspecified atom stereocenters. The number of hydrogen-bond acceptors (Lipinski definition) is 5. The van der Waals surface area contributed by atoms with E-state index in [1.165, 1.54) is 0 Å². The lowest BCUT2D eigenvalue weighted by atomic mass is 9.96. The van der Waals surface area contributed by atoms with E-state index in [1.54, 1.807) is 11.0 Å². The van der Waals surface area contributed by atoms with Crippen LogP contribution in [0.2, 0.25) is 0 Å². The van der Waals surface area contributed by atoms with E-state index in [9.17, 15) is 0 Å². The summed E-state index contributed by atoms with van der Waals surface area (Å²) < 4.78 is 3.68. The van der Waals surface area contributed by atoms with E-state index in [0.717, 1.165) is 64.4 Å². The van der Waals surface area contributed by atoms with Crippen LogP contribution < -0.4 is 0 Å². The third-order valence-electron chi connectivity index (χ3n) is 4.95. The maximum Gasteiger partial charge on any atom is 0.153 e. The zero-order valence-electron chi connectivity index (χ0n) is 15.3. The van der Waals surface area contributed by atoms with Crippen molar-refractivity contribution in [2.45, 2.75) is 26.2 Å². The van der Waals surface area contributed by atoms with Crippen molar-refractivity contribution in [2.75, 3.05) is 0 Å². The molecule has 0 aromatic carbocycles. The Morgan fingerprint density at radius 2 is 2.00 bits per heavy atom. The van der Waals surface area contributed by atoms with Crippen molar-refractivity contribution in [1.29, 1.82) is 0 Å². The van der Waals surface area contributed by atoms with E-state index in [4.69, 9.17) is 5.10 Å². The predicted octanol–water partition coefficient (Wildman–Crippen LogP) is 3.00. The number of hydrogen-bond donors (Lipinski definition) is 0. The number of imidazole rings is 1. The van der Waals surface area contributed by atoms with E-state index in [0.29, 0.717) is 0 Å². The highest BCUT2D eigenvalue weighted by Gasteiger charge is 2.22. The summed E-state index contributed by atoms with van der Waals surface area (Å²) in [5, 5.41) is 9.17. The molecule has 4 heterocycles. The van der Waals surface area contributed by atoms with E-state index >= 15 is 0 Å². The van der Waals surface area contributed by atoms with Crippen LogP contribution in [-0.4, -0.2) is 34.3 Å². The van der Waals surface area contributed by atoms with Crippen LogP contribution in [0.3, 0.4) is 0 Å². The zero-order chi connectivity index (χ0) is 18.4. The number of rotatable bonds is 2. The number of fused-ring (bicyclic) bond motifs is 2. The number of aromatic nitrogens is 7. The predicted molar refractivity (Wildman–Crippen MR) is 102 cm³/mol. The topological polar surface area (TPSA) is 73.8 Å². The number of aryl methyl sites for hydroxylation is 3. The van der Waals surface area contributed by atoms with Gasteiger partial charge in [0.1, 0.15) is 6.33 Å². The minimum Gasteiger partial charge on any atom is -0.275 e. The molecule has 27 heavy (non-hydrogen) atoms. The number of nitrogens with zero attached hydrogens (tertiary/aromatic N) is 7. The summed E-state index contributed by atoms with van der Waals surface area (Å²) in [6, 6.07) is 4.04. The van der Waals surface area contributed by atoms with Gasteiger partial charge in [-0.05, 0) is 38.3 Å². The fourth-order valence-corrected chi connectivity index (χ4v) is 3.64. The lowest BCUT2D eigenvalue weighted by molar-refractivity contribution is 0.768. The van der Waals surface area contributed by atoms with Crippen molar-refractivity contribution in [2.24, 2.45) is 7.05 Å². The highest BCUT2D eigenvalue weighted by molar-refractivity contribution is 5.87. The maximum absolute atomic E-state index is 4.85. The Morgan fingerprint density at radius 1 is 1.07 bits per heavy atom. The Bertz CT molecular complexity index is 1180. The molecular formula is C20H19N7. The highest BCUT2D eigenvalue weighted by Crippen LogP contribution is 2.35. The lowest BCUT2D eigenvalue weighted by Crippen LogP contribution is -2.05. The zero-order valence-corrected chi connectivity index (χ0v) is 15.3. The van der Waals surface area contributed by atoms with Crippen molar-refractivity contribution in [3.8, 4) is 11.3 Å². The molecule has 4 aromatic heterocycles. The van der Waals surface area contributed by atoms with Gasteiger partial charge in [0.05, 0.1) is 35.2 Å². The smallest absolute Gasteiger partial charge is 0.153 e. The second kappa shape index (κ2) is 6.12. The van der Waals surface area contributed by atoms with Gasteiger partial charge in [-0.3, -0.25) is 4.68 Å². The SMILES string of the molecule is Cc1cnc2ccc(C3=CCCCc4ncnc(-c5cnn(C)c5)c43)nn12. The highest BCUT2D eigenvalue weighted by atomic mass is 15.3. The molecule has 134 valence electrons. The maximum atomic E-state index is 4.85. The minimum absolute atomic E-state index is 0.850. The van der Waals surface area contributed by atoms with Crippen molar-refractivity contribution in [3.63, 3.8) is 0 Å². The van der Waals surface area contributed by atoms with Crippen LogP contribution in [-0.2, 0) is 13.5 Å². The first-order chi connectivity index (χ1) is 13.2. The van der Waals surface area contributed by atoms with Gasteiger partial charge in [0.15, 0.2) is 5.65 Å². The van der Waals surface area contributed by atoms with Crippen molar-refractivity contribution in [1.82, 2.24) is 34.3 Å². The molecular weight excluding hydrogens is 338 g/mol. The van der Waals surface area contributed by atoms with Gasteiger partial charge in [0.2, 0.25) is 0 Å². The molecule has 0 aliphatic heterocycles. The third-order valence-corrected chi connectivity index (χ3v) is 4.95. The monoisotopic (exact) mass is 357 g/mol. The average Bonchev–Trinajstić information content (AvgIpc) is 3.20. The van der Waals surface area contributed by atoms with Crippen LogP contribution in [0.25, 0.3) is 22.5 Å². The van der Waals surface area contributed by atoms with Crippen molar-refractivity contribution >= 4 is 11.2 Å². The standard InChI is InChI=1S/C20H19N7/c1-13-9-21-18-8-7-16(25-27(13)18)15-5-3-4-6-17-19(15)20(23-12-22-17)14-10-24-26(2)11-14/h5,7-12H,3-4,6H2,1-2H3. The molecule has 1 aliphatic carbocycles. The van der Waals surface area contributed by atoms with Gasteiger partial charge >= 0.3 is 0 Å². The molecule has 0 spiro atoms. The quantitative estimate of drug-likeness (QED) is 0.551. The van der Waals surface area contributed by atoms with Gasteiger partial charge in [-0.1, -0.05) is 6.08 Å². The molecule has 5 rings (SSSR count). The van der Waals surface area contributed by atoms with Crippen LogP contribution in [0.15, 0.2) is 43.1 Å². The Kier molecular flexibility index (Phi) is 3.60. The third kappa shape index (κ3) is 2.63. The summed E-state index contributed by atoms with van der Waals surface area (Å²) in [5.41, 5.74) is 7.88. The van der Waals surface area contributed by atoms with Crippen LogP contribution in [0.5, 0.6) is 0 Å². The van der Waals surface area contributed by atoms with Crippen molar-refractivity contribution in [3.05, 3.63) is 65.8 Å². The second-order valence-electron chi connectivity index (χ2n) is 6.84. The van der Waals surface area contributed by atoms with Gasteiger partial charge in [-0.15, -0.1) is 0 Å². The average molecular weight is 357 g/mol. The van der Waals surface area contributed by atoms with Crippen LogP contribution in [0.4, 0.5) is 0 Å². The molecule has 0 saturated heterocycles. The fraction of sp³-hybridized carbons (Fsp3) is 0.250. The normalized spacial score (nSPS) is 14.1. The van der Waals surface area contributed by atoms with Gasteiger partial charge < -0.3 is 0 Å². The Labute approximate surface area is 156 Å². The summed E-state index contributed by atoms with van der Waals surface area (Å²) in [4.78, 5) is 13.6.